The molecule has 1 aromatic carbocycles. The van der Waals surface area contributed by atoms with Crippen LogP contribution in [0.25, 0.3) is 0 Å². The van der Waals surface area contributed by atoms with Crippen molar-refractivity contribution in [2.45, 2.75) is 25.4 Å². The lowest BCUT2D eigenvalue weighted by atomic mass is 10.1. The lowest BCUT2D eigenvalue weighted by Gasteiger charge is -2.22. The molecule has 1 saturated carbocycles. The van der Waals surface area contributed by atoms with Crippen LogP contribution in [-0.2, 0) is 6.54 Å². The number of anilines is 1. The Morgan fingerprint density at radius 2 is 2.26 bits per heavy atom. The first-order valence-electron chi connectivity index (χ1n) is 6.45. The van der Waals surface area contributed by atoms with Crippen LogP contribution in [0.4, 0.5) is 11.4 Å². The van der Waals surface area contributed by atoms with Gasteiger partial charge in [-0.3, -0.25) is 15.0 Å². The third kappa shape index (κ3) is 3.42. The topological polar surface area (TPSA) is 78.6 Å². The monoisotopic (exact) mass is 265 g/mol. The smallest absolute Gasteiger partial charge is 0.269 e. The molecule has 1 fully saturated rings. The summed E-state index contributed by atoms with van der Waals surface area (Å²) in [6.45, 7) is 1.35. The predicted molar refractivity (Wildman–Crippen MR) is 73.2 cm³/mol. The van der Waals surface area contributed by atoms with Crippen LogP contribution < -0.4 is 5.32 Å². The molecular formula is C13H19N3O3. The highest BCUT2D eigenvalue weighted by atomic mass is 16.6. The summed E-state index contributed by atoms with van der Waals surface area (Å²) in [4.78, 5) is 12.6. The van der Waals surface area contributed by atoms with E-state index in [0.717, 1.165) is 24.1 Å². The van der Waals surface area contributed by atoms with Gasteiger partial charge in [-0.1, -0.05) is 0 Å². The van der Waals surface area contributed by atoms with Gasteiger partial charge in [-0.05, 0) is 24.5 Å². The molecule has 0 unspecified atom stereocenters. The number of nitrogens with zero attached hydrogens (tertiary/aromatic N) is 2. The van der Waals surface area contributed by atoms with Gasteiger partial charge in [0.25, 0.3) is 5.69 Å². The molecular weight excluding hydrogens is 246 g/mol. The number of hydrogen-bond donors (Lipinski definition) is 2. The van der Waals surface area contributed by atoms with E-state index in [-0.39, 0.29) is 17.2 Å². The molecule has 0 radical (unpaired) electrons. The van der Waals surface area contributed by atoms with Gasteiger partial charge < -0.3 is 10.4 Å². The number of nitro groups is 1. The van der Waals surface area contributed by atoms with Crippen LogP contribution in [0.5, 0.6) is 0 Å². The number of rotatable bonds is 7. The summed E-state index contributed by atoms with van der Waals surface area (Å²) < 4.78 is 0. The number of nitro benzene ring substituents is 1. The van der Waals surface area contributed by atoms with Crippen molar-refractivity contribution in [3.05, 3.63) is 33.9 Å². The molecule has 104 valence electrons. The normalized spacial score (nSPS) is 14.7. The minimum absolute atomic E-state index is 0.105. The maximum absolute atomic E-state index is 10.8. The van der Waals surface area contributed by atoms with E-state index in [1.807, 2.05) is 0 Å². The Kier molecular flexibility index (Phi) is 4.34. The highest BCUT2D eigenvalue weighted by Gasteiger charge is 2.29. The quantitative estimate of drug-likeness (QED) is 0.578. The number of non-ortho nitro benzene ring substituents is 1. The van der Waals surface area contributed by atoms with Gasteiger partial charge in [0.1, 0.15) is 0 Å². The highest BCUT2D eigenvalue weighted by molar-refractivity contribution is 5.55. The summed E-state index contributed by atoms with van der Waals surface area (Å²) in [5.74, 6) is 0. The number of hydrogen-bond acceptors (Lipinski definition) is 5. The van der Waals surface area contributed by atoms with Gasteiger partial charge in [0, 0.05) is 44.0 Å². The van der Waals surface area contributed by atoms with E-state index in [1.165, 1.54) is 6.07 Å². The molecule has 0 spiro atoms. The predicted octanol–water partition coefficient (Wildman–Crippen LogP) is 1.59. The Labute approximate surface area is 112 Å². The molecule has 0 saturated heterocycles. The fraction of sp³-hybridized carbons (Fsp3) is 0.538. The van der Waals surface area contributed by atoms with Crippen molar-refractivity contribution in [3.8, 4) is 0 Å². The molecule has 0 heterocycles. The van der Waals surface area contributed by atoms with Gasteiger partial charge in [0.05, 0.1) is 11.5 Å². The second kappa shape index (κ2) is 5.99. The Morgan fingerprint density at radius 1 is 1.53 bits per heavy atom. The molecule has 0 aromatic heterocycles. The Bertz CT molecular complexity index is 460. The summed E-state index contributed by atoms with van der Waals surface area (Å²) in [6.07, 6.45) is 2.29. The van der Waals surface area contributed by atoms with E-state index < -0.39 is 0 Å². The molecule has 1 aromatic rings. The van der Waals surface area contributed by atoms with Crippen molar-refractivity contribution < 1.29 is 10.0 Å². The number of nitrogens with one attached hydrogen (secondary N) is 1. The first kappa shape index (κ1) is 13.8. The Balaban J connectivity index is 2.20. The molecule has 1 aliphatic carbocycles. The largest absolute Gasteiger partial charge is 0.395 e. The molecule has 0 aliphatic heterocycles. The highest BCUT2D eigenvalue weighted by Crippen LogP contribution is 2.30. The third-order valence-electron chi connectivity index (χ3n) is 3.39. The minimum Gasteiger partial charge on any atom is -0.395 e. The molecule has 0 bridgehead atoms. The third-order valence-corrected chi connectivity index (χ3v) is 3.39. The Hall–Kier alpha value is -1.66. The van der Waals surface area contributed by atoms with Crippen molar-refractivity contribution in [1.29, 1.82) is 0 Å². The lowest BCUT2D eigenvalue weighted by Crippen LogP contribution is -2.29. The minimum atomic E-state index is -0.379. The molecule has 6 heteroatoms. The molecule has 0 atom stereocenters. The second-order valence-corrected chi connectivity index (χ2v) is 4.77. The van der Waals surface area contributed by atoms with Gasteiger partial charge >= 0.3 is 0 Å². The van der Waals surface area contributed by atoms with Crippen LogP contribution in [0.15, 0.2) is 18.2 Å². The van der Waals surface area contributed by atoms with Gasteiger partial charge in [0.2, 0.25) is 0 Å². The van der Waals surface area contributed by atoms with Crippen LogP contribution in [0, 0.1) is 10.1 Å². The van der Waals surface area contributed by atoms with E-state index in [2.05, 4.69) is 10.2 Å². The van der Waals surface area contributed by atoms with Crippen molar-refractivity contribution in [2.24, 2.45) is 0 Å². The summed E-state index contributed by atoms with van der Waals surface area (Å²) >= 11 is 0. The molecule has 0 amide bonds. The van der Waals surface area contributed by atoms with E-state index in [9.17, 15) is 10.1 Å². The first-order valence-corrected chi connectivity index (χ1v) is 6.45. The Morgan fingerprint density at radius 3 is 2.79 bits per heavy atom. The van der Waals surface area contributed by atoms with Crippen LogP contribution in [0.2, 0.25) is 0 Å². The van der Waals surface area contributed by atoms with E-state index >= 15 is 0 Å². The summed E-state index contributed by atoms with van der Waals surface area (Å²) in [7, 11) is 1.80. The van der Waals surface area contributed by atoms with Crippen LogP contribution in [-0.4, -0.2) is 41.2 Å². The van der Waals surface area contributed by atoms with Crippen molar-refractivity contribution in [3.63, 3.8) is 0 Å². The van der Waals surface area contributed by atoms with Crippen LogP contribution in [0.3, 0.4) is 0 Å². The SMILES string of the molecule is CNc1ccc([N+](=O)[O-])cc1CN(CCO)C1CC1. The van der Waals surface area contributed by atoms with Crippen LogP contribution >= 0.6 is 0 Å². The maximum atomic E-state index is 10.8. The summed E-state index contributed by atoms with van der Waals surface area (Å²) in [5.41, 5.74) is 1.90. The lowest BCUT2D eigenvalue weighted by molar-refractivity contribution is -0.384. The number of aliphatic hydroxyl groups excluding tert-OH is 1. The first-order chi connectivity index (χ1) is 9.15. The average molecular weight is 265 g/mol. The van der Waals surface area contributed by atoms with Crippen molar-refractivity contribution >= 4 is 11.4 Å². The fourth-order valence-electron chi connectivity index (χ4n) is 2.25. The van der Waals surface area contributed by atoms with Gasteiger partial charge in [0.15, 0.2) is 0 Å². The van der Waals surface area contributed by atoms with E-state index in [1.54, 1.807) is 19.2 Å². The summed E-state index contributed by atoms with van der Waals surface area (Å²) in [6, 6.07) is 5.36. The maximum Gasteiger partial charge on any atom is 0.269 e. The zero-order chi connectivity index (χ0) is 13.8. The van der Waals surface area contributed by atoms with Gasteiger partial charge in [-0.2, -0.15) is 0 Å². The van der Waals surface area contributed by atoms with E-state index in [4.69, 9.17) is 5.11 Å². The standard InChI is InChI=1S/C13H19N3O3/c1-14-13-5-4-12(16(18)19)8-10(13)9-15(6-7-17)11-2-3-11/h4-5,8,11,14,17H,2-3,6-7,9H2,1H3. The zero-order valence-electron chi connectivity index (χ0n) is 11.0. The summed E-state index contributed by atoms with van der Waals surface area (Å²) in [5, 5.41) is 23.0. The molecule has 19 heavy (non-hydrogen) atoms. The zero-order valence-corrected chi connectivity index (χ0v) is 11.0. The molecule has 1 aliphatic rings. The van der Waals surface area contributed by atoms with Crippen LogP contribution in [0.1, 0.15) is 18.4 Å². The molecule has 2 N–H and O–H groups in total. The van der Waals surface area contributed by atoms with Crippen molar-refractivity contribution in [2.75, 3.05) is 25.5 Å². The average Bonchev–Trinajstić information content (AvgIpc) is 3.22. The van der Waals surface area contributed by atoms with E-state index in [0.29, 0.717) is 19.1 Å². The molecule has 2 rings (SSSR count). The second-order valence-electron chi connectivity index (χ2n) is 4.77. The van der Waals surface area contributed by atoms with Gasteiger partial charge in [-0.15, -0.1) is 0 Å². The number of benzene rings is 1. The number of aliphatic hydroxyl groups is 1. The van der Waals surface area contributed by atoms with Crippen molar-refractivity contribution in [1.82, 2.24) is 4.90 Å². The fourth-order valence-corrected chi connectivity index (χ4v) is 2.25. The van der Waals surface area contributed by atoms with Gasteiger partial charge in [-0.25, -0.2) is 0 Å². The molecule has 6 nitrogen and oxygen atoms in total.